The monoisotopic (exact) mass is 433 g/mol. The number of hydrogen-bond donors (Lipinski definition) is 0. The van der Waals surface area contributed by atoms with Crippen LogP contribution in [-0.2, 0) is 6.42 Å². The minimum absolute atomic E-state index is 0.0618. The van der Waals surface area contributed by atoms with Crippen molar-refractivity contribution in [2.75, 3.05) is 43.1 Å². The van der Waals surface area contributed by atoms with Crippen molar-refractivity contribution in [1.29, 1.82) is 0 Å². The first-order valence-electron chi connectivity index (χ1n) is 10.8. The number of methoxy groups -OCH3 is 1. The molecule has 0 atom stereocenters. The molecule has 2 heterocycles. The second-order valence-electron chi connectivity index (χ2n) is 7.72. The molecule has 0 spiro atoms. The number of non-ortho nitro benzene ring substituents is 1. The van der Waals surface area contributed by atoms with Crippen molar-refractivity contribution in [3.05, 3.63) is 70.4 Å². The molecule has 1 fully saturated rings. The van der Waals surface area contributed by atoms with Gasteiger partial charge in [-0.3, -0.25) is 10.1 Å². The van der Waals surface area contributed by atoms with Gasteiger partial charge in [0.1, 0.15) is 11.6 Å². The van der Waals surface area contributed by atoms with Gasteiger partial charge in [-0.2, -0.15) is 0 Å². The highest BCUT2D eigenvalue weighted by Gasteiger charge is 2.18. The van der Waals surface area contributed by atoms with Crippen molar-refractivity contribution in [2.45, 2.75) is 19.8 Å². The molecular weight excluding hydrogens is 406 g/mol. The molecule has 0 N–H and O–H groups in total. The molecule has 32 heavy (non-hydrogen) atoms. The van der Waals surface area contributed by atoms with Crippen molar-refractivity contribution in [3.8, 4) is 17.1 Å². The Bertz CT molecular complexity index is 1070. The summed E-state index contributed by atoms with van der Waals surface area (Å²) in [6, 6.07) is 16.7. The Morgan fingerprint density at radius 2 is 1.66 bits per heavy atom. The van der Waals surface area contributed by atoms with Gasteiger partial charge in [-0.1, -0.05) is 6.92 Å². The fourth-order valence-electron chi connectivity index (χ4n) is 3.89. The van der Waals surface area contributed by atoms with Crippen molar-refractivity contribution < 1.29 is 9.66 Å². The first kappa shape index (κ1) is 21.5. The molecule has 0 bridgehead atoms. The Morgan fingerprint density at radius 3 is 2.31 bits per heavy atom. The van der Waals surface area contributed by atoms with Gasteiger partial charge < -0.3 is 14.5 Å². The summed E-state index contributed by atoms with van der Waals surface area (Å²) in [5.41, 5.74) is 2.99. The first-order valence-corrected chi connectivity index (χ1v) is 10.8. The summed E-state index contributed by atoms with van der Waals surface area (Å²) in [4.78, 5) is 24.7. The number of nitro benzene ring substituents is 1. The van der Waals surface area contributed by atoms with E-state index in [1.165, 1.54) is 17.8 Å². The van der Waals surface area contributed by atoms with E-state index < -0.39 is 4.92 Å². The topological polar surface area (TPSA) is 84.6 Å². The zero-order chi connectivity index (χ0) is 22.5. The van der Waals surface area contributed by atoms with E-state index in [0.29, 0.717) is 5.82 Å². The molecule has 3 aromatic rings. The van der Waals surface area contributed by atoms with Gasteiger partial charge in [0, 0.05) is 61.3 Å². The van der Waals surface area contributed by atoms with Crippen LogP contribution < -0.4 is 14.5 Å². The molecular formula is C24H27N5O3. The summed E-state index contributed by atoms with van der Waals surface area (Å²) in [7, 11) is 1.68. The Labute approximate surface area is 187 Å². The smallest absolute Gasteiger partial charge is 0.269 e. The third-order valence-corrected chi connectivity index (χ3v) is 5.72. The van der Waals surface area contributed by atoms with Crippen LogP contribution in [0.3, 0.4) is 0 Å². The molecule has 1 aliphatic rings. The van der Waals surface area contributed by atoms with Crippen molar-refractivity contribution in [2.24, 2.45) is 0 Å². The predicted octanol–water partition coefficient (Wildman–Crippen LogP) is 4.34. The number of nitro groups is 1. The highest BCUT2D eigenvalue weighted by atomic mass is 16.6. The van der Waals surface area contributed by atoms with Crippen LogP contribution in [0.2, 0.25) is 0 Å². The Kier molecular flexibility index (Phi) is 6.49. The summed E-state index contributed by atoms with van der Waals surface area (Å²) in [5.74, 6) is 2.37. The molecule has 0 amide bonds. The summed E-state index contributed by atoms with van der Waals surface area (Å²) in [6.07, 6.45) is 1.81. The summed E-state index contributed by atoms with van der Waals surface area (Å²) < 4.78 is 5.27. The quantitative estimate of drug-likeness (QED) is 0.422. The maximum atomic E-state index is 11.0. The summed E-state index contributed by atoms with van der Waals surface area (Å²) >= 11 is 0. The molecule has 0 radical (unpaired) electrons. The highest BCUT2D eigenvalue weighted by Crippen LogP contribution is 2.25. The van der Waals surface area contributed by atoms with Gasteiger partial charge in [-0.25, -0.2) is 9.97 Å². The zero-order valence-corrected chi connectivity index (χ0v) is 18.4. The van der Waals surface area contributed by atoms with E-state index in [-0.39, 0.29) is 5.69 Å². The number of ether oxygens (including phenoxy) is 1. The Hall–Kier alpha value is -3.68. The second kappa shape index (κ2) is 9.64. The average Bonchev–Trinajstić information content (AvgIpc) is 3.10. The first-order chi connectivity index (χ1) is 15.6. The van der Waals surface area contributed by atoms with Crippen LogP contribution in [0.1, 0.15) is 19.0 Å². The fraction of sp³-hybridized carbons (Fsp3) is 0.333. The predicted molar refractivity (Wildman–Crippen MR) is 126 cm³/mol. The van der Waals surface area contributed by atoms with Crippen molar-refractivity contribution in [1.82, 2.24) is 9.97 Å². The van der Waals surface area contributed by atoms with E-state index in [1.54, 1.807) is 19.2 Å². The largest absolute Gasteiger partial charge is 0.497 e. The van der Waals surface area contributed by atoms with E-state index in [2.05, 4.69) is 39.9 Å². The molecule has 166 valence electrons. The van der Waals surface area contributed by atoms with E-state index >= 15 is 0 Å². The van der Waals surface area contributed by atoms with Gasteiger partial charge >= 0.3 is 0 Å². The number of nitrogens with zero attached hydrogens (tertiary/aromatic N) is 5. The average molecular weight is 434 g/mol. The Morgan fingerprint density at radius 1 is 0.969 bits per heavy atom. The van der Waals surface area contributed by atoms with E-state index in [0.717, 1.165) is 61.8 Å². The number of aromatic nitrogens is 2. The number of rotatable bonds is 6. The van der Waals surface area contributed by atoms with Gasteiger partial charge in [0.25, 0.3) is 5.69 Å². The summed E-state index contributed by atoms with van der Waals surface area (Å²) in [6.45, 7) is 5.70. The van der Waals surface area contributed by atoms with Gasteiger partial charge in [-0.05, 0) is 49.2 Å². The van der Waals surface area contributed by atoms with Gasteiger partial charge in [0.05, 0.1) is 12.0 Å². The van der Waals surface area contributed by atoms with Crippen LogP contribution in [0.25, 0.3) is 11.4 Å². The van der Waals surface area contributed by atoms with Gasteiger partial charge in [0.15, 0.2) is 5.82 Å². The van der Waals surface area contributed by atoms with Crippen LogP contribution in [0, 0.1) is 10.1 Å². The number of aryl methyl sites for hydroxylation is 1. The normalized spacial score (nSPS) is 14.2. The minimum atomic E-state index is -0.398. The number of hydrogen-bond acceptors (Lipinski definition) is 7. The highest BCUT2D eigenvalue weighted by molar-refractivity contribution is 5.60. The number of anilines is 2. The lowest BCUT2D eigenvalue weighted by Gasteiger charge is -2.25. The lowest BCUT2D eigenvalue weighted by molar-refractivity contribution is -0.384. The molecule has 8 nitrogen and oxygen atoms in total. The maximum Gasteiger partial charge on any atom is 0.269 e. The van der Waals surface area contributed by atoms with E-state index in [9.17, 15) is 10.1 Å². The lowest BCUT2D eigenvalue weighted by atomic mass is 10.2. The van der Waals surface area contributed by atoms with Crippen LogP contribution >= 0.6 is 0 Å². The second-order valence-corrected chi connectivity index (χ2v) is 7.72. The van der Waals surface area contributed by atoms with Crippen molar-refractivity contribution in [3.63, 3.8) is 0 Å². The third kappa shape index (κ3) is 4.80. The fourth-order valence-corrected chi connectivity index (χ4v) is 3.89. The molecule has 1 saturated heterocycles. The van der Waals surface area contributed by atoms with Crippen LogP contribution in [0.15, 0.2) is 54.6 Å². The molecule has 1 aromatic heterocycles. The SMILES string of the molecule is CCc1cc(N2CCCN(c3ccc(OC)cc3)CC2)nc(-c2ccc([N+](=O)[O-])cc2)n1. The molecule has 4 rings (SSSR count). The number of benzene rings is 2. The van der Waals surface area contributed by atoms with Gasteiger partial charge in [-0.15, -0.1) is 0 Å². The molecule has 2 aromatic carbocycles. The standard InChI is InChI=1S/C24H27N5O3/c1-3-19-17-23(26-24(25-19)18-5-7-21(8-6-18)29(30)31)28-14-4-13-27(15-16-28)20-9-11-22(32-2)12-10-20/h5-12,17H,3-4,13-16H2,1-2H3. The lowest BCUT2D eigenvalue weighted by Crippen LogP contribution is -2.31. The third-order valence-electron chi connectivity index (χ3n) is 5.72. The van der Waals surface area contributed by atoms with E-state index in [4.69, 9.17) is 9.72 Å². The Balaban J connectivity index is 1.54. The minimum Gasteiger partial charge on any atom is -0.497 e. The molecule has 0 aliphatic carbocycles. The zero-order valence-electron chi connectivity index (χ0n) is 18.4. The maximum absolute atomic E-state index is 11.0. The molecule has 0 unspecified atom stereocenters. The molecule has 1 aliphatic heterocycles. The van der Waals surface area contributed by atoms with Crippen LogP contribution in [0.5, 0.6) is 5.75 Å². The van der Waals surface area contributed by atoms with Crippen molar-refractivity contribution >= 4 is 17.2 Å². The molecule has 0 saturated carbocycles. The molecule has 8 heteroatoms. The van der Waals surface area contributed by atoms with Crippen LogP contribution in [0.4, 0.5) is 17.2 Å². The van der Waals surface area contributed by atoms with Crippen LogP contribution in [-0.4, -0.2) is 48.2 Å². The summed E-state index contributed by atoms with van der Waals surface area (Å²) in [5, 5.41) is 11.0. The van der Waals surface area contributed by atoms with Gasteiger partial charge in [0.2, 0.25) is 0 Å². The van der Waals surface area contributed by atoms with E-state index in [1.807, 2.05) is 12.1 Å².